The van der Waals surface area contributed by atoms with Crippen molar-refractivity contribution in [3.8, 4) is 0 Å². The van der Waals surface area contributed by atoms with Crippen molar-refractivity contribution in [2.24, 2.45) is 5.92 Å². The van der Waals surface area contributed by atoms with Gasteiger partial charge in [-0.2, -0.15) is 0 Å². The van der Waals surface area contributed by atoms with Crippen LogP contribution in [-0.4, -0.2) is 39.0 Å². The SMILES string of the molecule is Cc1cccnc1C(NC(=O)c1cn(C2CCNCC2)nn1)C(C)C. The lowest BCUT2D eigenvalue weighted by atomic mass is 9.97. The molecular weight excluding hydrogens is 316 g/mol. The molecule has 1 saturated heterocycles. The Labute approximate surface area is 148 Å². The van der Waals surface area contributed by atoms with E-state index < -0.39 is 0 Å². The summed E-state index contributed by atoms with van der Waals surface area (Å²) in [4.78, 5) is 17.1. The predicted octanol–water partition coefficient (Wildman–Crippen LogP) is 2.03. The summed E-state index contributed by atoms with van der Waals surface area (Å²) in [5.41, 5.74) is 2.33. The molecule has 0 radical (unpaired) electrons. The fourth-order valence-corrected chi connectivity index (χ4v) is 3.22. The Kier molecular flexibility index (Phi) is 5.43. The van der Waals surface area contributed by atoms with E-state index in [9.17, 15) is 4.79 Å². The Morgan fingerprint density at radius 2 is 2.12 bits per heavy atom. The molecule has 0 spiro atoms. The molecule has 0 saturated carbocycles. The van der Waals surface area contributed by atoms with Crippen molar-refractivity contribution in [1.82, 2.24) is 30.6 Å². The van der Waals surface area contributed by atoms with Gasteiger partial charge in [-0.05, 0) is 50.4 Å². The van der Waals surface area contributed by atoms with Crippen LogP contribution in [-0.2, 0) is 0 Å². The van der Waals surface area contributed by atoms with Crippen LogP contribution in [0.5, 0.6) is 0 Å². The quantitative estimate of drug-likeness (QED) is 0.868. The molecule has 1 fully saturated rings. The van der Waals surface area contributed by atoms with Gasteiger partial charge < -0.3 is 10.6 Å². The fraction of sp³-hybridized carbons (Fsp3) is 0.556. The van der Waals surface area contributed by atoms with Crippen LogP contribution in [0.25, 0.3) is 0 Å². The van der Waals surface area contributed by atoms with Gasteiger partial charge in [-0.3, -0.25) is 9.78 Å². The molecule has 2 N–H and O–H groups in total. The molecule has 1 aliphatic rings. The minimum atomic E-state index is -0.205. The van der Waals surface area contributed by atoms with Crippen LogP contribution in [0.15, 0.2) is 24.5 Å². The second-order valence-corrected chi connectivity index (χ2v) is 6.97. The lowest BCUT2D eigenvalue weighted by Gasteiger charge is -2.23. The van der Waals surface area contributed by atoms with Gasteiger partial charge in [-0.1, -0.05) is 25.1 Å². The molecule has 0 aromatic carbocycles. The van der Waals surface area contributed by atoms with Crippen LogP contribution in [0.1, 0.15) is 60.5 Å². The standard InChI is InChI=1S/C18H26N6O/c1-12(2)16(17-13(3)5-4-8-20-17)21-18(25)15-11-24(23-22-15)14-6-9-19-10-7-14/h4-5,8,11-12,14,16,19H,6-7,9-10H2,1-3H3,(H,21,25). The molecular formula is C18H26N6O. The number of hydrogen-bond acceptors (Lipinski definition) is 5. The number of carbonyl (C=O) groups is 1. The van der Waals surface area contributed by atoms with Gasteiger partial charge in [-0.15, -0.1) is 5.10 Å². The highest BCUT2D eigenvalue weighted by molar-refractivity contribution is 5.92. The zero-order valence-electron chi connectivity index (χ0n) is 15.1. The summed E-state index contributed by atoms with van der Waals surface area (Å²) >= 11 is 0. The first-order valence-corrected chi connectivity index (χ1v) is 8.91. The maximum absolute atomic E-state index is 12.7. The molecule has 7 heteroatoms. The van der Waals surface area contributed by atoms with E-state index in [-0.39, 0.29) is 17.9 Å². The Morgan fingerprint density at radius 3 is 2.80 bits per heavy atom. The number of piperidine rings is 1. The van der Waals surface area contributed by atoms with Gasteiger partial charge in [0.05, 0.1) is 24.0 Å². The second-order valence-electron chi connectivity index (χ2n) is 6.97. The van der Waals surface area contributed by atoms with Crippen molar-refractivity contribution in [1.29, 1.82) is 0 Å². The summed E-state index contributed by atoms with van der Waals surface area (Å²) in [5, 5.41) is 14.7. The Morgan fingerprint density at radius 1 is 1.36 bits per heavy atom. The number of aryl methyl sites for hydroxylation is 1. The Hall–Kier alpha value is -2.28. The summed E-state index contributed by atoms with van der Waals surface area (Å²) in [5.74, 6) is 0.0148. The summed E-state index contributed by atoms with van der Waals surface area (Å²) in [6.07, 6.45) is 5.53. The average molecular weight is 342 g/mol. The summed E-state index contributed by atoms with van der Waals surface area (Å²) in [7, 11) is 0. The van der Waals surface area contributed by atoms with E-state index in [4.69, 9.17) is 0 Å². The van der Waals surface area contributed by atoms with Gasteiger partial charge >= 0.3 is 0 Å². The van der Waals surface area contributed by atoms with Crippen molar-refractivity contribution in [2.45, 2.75) is 45.7 Å². The highest BCUT2D eigenvalue weighted by Crippen LogP contribution is 2.23. The molecule has 3 heterocycles. The van der Waals surface area contributed by atoms with E-state index in [1.54, 1.807) is 12.4 Å². The predicted molar refractivity (Wildman–Crippen MR) is 95.2 cm³/mol. The van der Waals surface area contributed by atoms with Crippen LogP contribution >= 0.6 is 0 Å². The zero-order chi connectivity index (χ0) is 17.8. The fourth-order valence-electron chi connectivity index (χ4n) is 3.22. The maximum Gasteiger partial charge on any atom is 0.274 e. The van der Waals surface area contributed by atoms with Crippen molar-refractivity contribution >= 4 is 5.91 Å². The van der Waals surface area contributed by atoms with Crippen molar-refractivity contribution in [3.63, 3.8) is 0 Å². The van der Waals surface area contributed by atoms with Crippen molar-refractivity contribution in [2.75, 3.05) is 13.1 Å². The normalized spacial score (nSPS) is 16.8. The molecule has 1 unspecified atom stereocenters. The highest BCUT2D eigenvalue weighted by atomic mass is 16.2. The third-order valence-electron chi connectivity index (χ3n) is 4.72. The van der Waals surface area contributed by atoms with Gasteiger partial charge in [0.25, 0.3) is 5.91 Å². The third-order valence-corrected chi connectivity index (χ3v) is 4.72. The average Bonchev–Trinajstić information content (AvgIpc) is 3.11. The number of hydrogen-bond donors (Lipinski definition) is 2. The number of pyridine rings is 1. The van der Waals surface area contributed by atoms with Crippen LogP contribution < -0.4 is 10.6 Å². The highest BCUT2D eigenvalue weighted by Gasteiger charge is 2.24. The molecule has 134 valence electrons. The zero-order valence-corrected chi connectivity index (χ0v) is 15.1. The summed E-state index contributed by atoms with van der Waals surface area (Å²) in [6.45, 7) is 8.11. The van der Waals surface area contributed by atoms with E-state index in [2.05, 4.69) is 39.8 Å². The first kappa shape index (κ1) is 17.5. The summed E-state index contributed by atoms with van der Waals surface area (Å²) in [6, 6.07) is 4.08. The lowest BCUT2D eigenvalue weighted by Crippen LogP contribution is -2.33. The topological polar surface area (TPSA) is 84.7 Å². The molecule has 2 aromatic rings. The van der Waals surface area contributed by atoms with E-state index in [0.29, 0.717) is 11.7 Å². The van der Waals surface area contributed by atoms with E-state index >= 15 is 0 Å². The van der Waals surface area contributed by atoms with Crippen molar-refractivity contribution in [3.05, 3.63) is 41.5 Å². The number of nitrogens with zero attached hydrogens (tertiary/aromatic N) is 4. The van der Waals surface area contributed by atoms with Crippen LogP contribution in [0.2, 0.25) is 0 Å². The van der Waals surface area contributed by atoms with Crippen LogP contribution in [0.3, 0.4) is 0 Å². The van der Waals surface area contributed by atoms with Gasteiger partial charge in [0.1, 0.15) is 0 Å². The summed E-state index contributed by atoms with van der Waals surface area (Å²) < 4.78 is 1.83. The number of aromatic nitrogens is 4. The first-order valence-electron chi connectivity index (χ1n) is 8.91. The molecule has 0 aliphatic carbocycles. The Bertz CT molecular complexity index is 720. The molecule has 1 atom stereocenters. The number of carbonyl (C=O) groups excluding carboxylic acids is 1. The minimum absolute atomic E-state index is 0.155. The molecule has 3 rings (SSSR count). The number of rotatable bonds is 5. The molecule has 1 aliphatic heterocycles. The number of nitrogens with one attached hydrogen (secondary N) is 2. The van der Waals surface area contributed by atoms with E-state index in [0.717, 1.165) is 37.2 Å². The molecule has 1 amide bonds. The second kappa shape index (κ2) is 7.74. The molecule has 2 aromatic heterocycles. The van der Waals surface area contributed by atoms with Crippen molar-refractivity contribution < 1.29 is 4.79 Å². The monoisotopic (exact) mass is 342 g/mol. The van der Waals surface area contributed by atoms with Gasteiger partial charge in [0.15, 0.2) is 5.69 Å². The van der Waals surface area contributed by atoms with E-state index in [1.165, 1.54) is 0 Å². The molecule has 0 bridgehead atoms. The van der Waals surface area contributed by atoms with Crippen LogP contribution in [0.4, 0.5) is 0 Å². The van der Waals surface area contributed by atoms with Gasteiger partial charge in [0.2, 0.25) is 0 Å². The number of amides is 1. The van der Waals surface area contributed by atoms with Crippen LogP contribution in [0, 0.1) is 12.8 Å². The maximum atomic E-state index is 12.7. The first-order chi connectivity index (χ1) is 12.1. The largest absolute Gasteiger partial charge is 0.342 e. The minimum Gasteiger partial charge on any atom is -0.342 e. The molecule has 7 nitrogen and oxygen atoms in total. The van der Waals surface area contributed by atoms with Gasteiger partial charge in [-0.25, -0.2) is 4.68 Å². The molecule has 25 heavy (non-hydrogen) atoms. The van der Waals surface area contributed by atoms with E-state index in [1.807, 2.05) is 23.7 Å². The third kappa shape index (κ3) is 4.04. The van der Waals surface area contributed by atoms with Gasteiger partial charge in [0, 0.05) is 6.20 Å². The Balaban J connectivity index is 1.74. The smallest absolute Gasteiger partial charge is 0.274 e. The lowest BCUT2D eigenvalue weighted by molar-refractivity contribution is 0.0919.